The van der Waals surface area contributed by atoms with Gasteiger partial charge in [0.1, 0.15) is 0 Å². The van der Waals surface area contributed by atoms with Gasteiger partial charge in [-0.2, -0.15) is 4.98 Å². The van der Waals surface area contributed by atoms with Crippen LogP contribution in [-0.4, -0.2) is 39.1 Å². The van der Waals surface area contributed by atoms with Gasteiger partial charge in [-0.3, -0.25) is 0 Å². The molecule has 1 aliphatic heterocycles. The van der Waals surface area contributed by atoms with Crippen LogP contribution in [0, 0.1) is 3.83 Å². The minimum absolute atomic E-state index is 0.287. The second-order valence-electron chi connectivity index (χ2n) is 4.93. The largest absolute Gasteiger partial charge is 0.399 e. The molecule has 2 aromatic rings. The van der Waals surface area contributed by atoms with Crippen molar-refractivity contribution >= 4 is 34.2 Å². The lowest BCUT2D eigenvalue weighted by molar-refractivity contribution is 0.153. The van der Waals surface area contributed by atoms with Crippen molar-refractivity contribution in [3.8, 4) is 5.69 Å². The van der Waals surface area contributed by atoms with Gasteiger partial charge in [-0.15, -0.1) is 5.10 Å². The number of hydrogen-bond acceptors (Lipinski definition) is 5. The van der Waals surface area contributed by atoms with E-state index in [1.807, 2.05) is 29.2 Å². The van der Waals surface area contributed by atoms with Gasteiger partial charge in [0.05, 0.1) is 11.8 Å². The molecule has 0 aliphatic carbocycles. The quantitative estimate of drug-likeness (QED) is 0.604. The van der Waals surface area contributed by atoms with Crippen molar-refractivity contribution in [1.29, 1.82) is 0 Å². The number of nitrogen functional groups attached to an aromatic ring is 1. The number of aliphatic hydroxyl groups is 1. The Kier molecular flexibility index (Phi) is 3.79. The molecule has 106 valence electrons. The zero-order valence-electron chi connectivity index (χ0n) is 10.9. The molecule has 3 N–H and O–H groups in total. The first-order valence-electron chi connectivity index (χ1n) is 6.55. The number of β-amino-alcohol motifs (C(OH)–C–C–N with tert-alkyl or cyclic N) is 1. The summed E-state index contributed by atoms with van der Waals surface area (Å²) >= 11 is 2.16. The molecule has 0 bridgehead atoms. The predicted octanol–water partition coefficient (Wildman–Crippen LogP) is 1.42. The fourth-order valence-electron chi connectivity index (χ4n) is 2.33. The van der Waals surface area contributed by atoms with Crippen LogP contribution in [0.2, 0.25) is 0 Å². The number of piperidine rings is 1. The molecule has 7 heteroatoms. The lowest BCUT2D eigenvalue weighted by Gasteiger charge is -2.28. The van der Waals surface area contributed by atoms with E-state index in [0.29, 0.717) is 12.5 Å². The molecule has 1 saturated heterocycles. The van der Waals surface area contributed by atoms with Crippen LogP contribution < -0.4 is 10.6 Å². The first-order chi connectivity index (χ1) is 9.63. The molecule has 0 spiro atoms. The van der Waals surface area contributed by atoms with Crippen LogP contribution in [0.4, 0.5) is 11.6 Å². The molecular weight excluding hydrogens is 369 g/mol. The maximum atomic E-state index is 9.74. The summed E-state index contributed by atoms with van der Waals surface area (Å²) in [5.41, 5.74) is 7.35. The maximum Gasteiger partial charge on any atom is 0.246 e. The second kappa shape index (κ2) is 5.57. The van der Waals surface area contributed by atoms with Crippen molar-refractivity contribution < 1.29 is 5.11 Å². The van der Waals surface area contributed by atoms with Gasteiger partial charge < -0.3 is 15.7 Å². The number of anilines is 2. The number of nitrogens with zero attached hydrogens (tertiary/aromatic N) is 4. The van der Waals surface area contributed by atoms with Gasteiger partial charge in [0.2, 0.25) is 5.95 Å². The van der Waals surface area contributed by atoms with Gasteiger partial charge in [-0.25, -0.2) is 4.68 Å². The first kappa shape index (κ1) is 13.6. The number of hydrogen-bond donors (Lipinski definition) is 2. The smallest absolute Gasteiger partial charge is 0.246 e. The number of aromatic nitrogens is 3. The molecule has 0 saturated carbocycles. The molecule has 20 heavy (non-hydrogen) atoms. The Morgan fingerprint density at radius 1 is 1.30 bits per heavy atom. The van der Waals surface area contributed by atoms with Crippen LogP contribution in [0.5, 0.6) is 0 Å². The Balaban J connectivity index is 1.88. The number of aliphatic hydroxyl groups excluding tert-OH is 1. The van der Waals surface area contributed by atoms with E-state index < -0.39 is 0 Å². The van der Waals surface area contributed by atoms with E-state index in [0.717, 1.165) is 34.6 Å². The minimum atomic E-state index is -0.287. The van der Waals surface area contributed by atoms with Gasteiger partial charge in [0.25, 0.3) is 0 Å². The first-order valence-corrected chi connectivity index (χ1v) is 7.63. The number of rotatable bonds is 2. The summed E-state index contributed by atoms with van der Waals surface area (Å²) in [4.78, 5) is 6.52. The van der Waals surface area contributed by atoms with E-state index in [4.69, 9.17) is 5.73 Å². The molecule has 1 aromatic carbocycles. The Morgan fingerprint density at radius 3 is 2.75 bits per heavy atom. The van der Waals surface area contributed by atoms with Crippen LogP contribution >= 0.6 is 22.6 Å². The van der Waals surface area contributed by atoms with Crippen molar-refractivity contribution in [3.63, 3.8) is 0 Å². The zero-order valence-corrected chi connectivity index (χ0v) is 13.1. The van der Waals surface area contributed by atoms with E-state index in [-0.39, 0.29) is 6.10 Å². The van der Waals surface area contributed by atoms with Crippen LogP contribution in [0.15, 0.2) is 24.3 Å². The highest BCUT2D eigenvalue weighted by molar-refractivity contribution is 14.1. The van der Waals surface area contributed by atoms with Crippen molar-refractivity contribution in [3.05, 3.63) is 28.1 Å². The summed E-state index contributed by atoms with van der Waals surface area (Å²) < 4.78 is 2.58. The van der Waals surface area contributed by atoms with E-state index in [1.54, 1.807) is 4.68 Å². The molecule has 0 radical (unpaired) electrons. The molecule has 0 amide bonds. The third-order valence-corrected chi connectivity index (χ3v) is 4.07. The fourth-order valence-corrected chi connectivity index (χ4v) is 2.94. The van der Waals surface area contributed by atoms with Crippen LogP contribution in [0.25, 0.3) is 5.69 Å². The van der Waals surface area contributed by atoms with Gasteiger partial charge in [-0.05, 0) is 37.1 Å². The normalized spacial score (nSPS) is 19.3. The molecule has 3 rings (SSSR count). The number of benzene rings is 1. The topological polar surface area (TPSA) is 80.2 Å². The predicted molar refractivity (Wildman–Crippen MR) is 85.9 cm³/mol. The highest BCUT2D eigenvalue weighted by Crippen LogP contribution is 2.20. The van der Waals surface area contributed by atoms with Crippen molar-refractivity contribution in [1.82, 2.24) is 14.8 Å². The van der Waals surface area contributed by atoms with E-state index in [1.165, 1.54) is 0 Å². The Labute approximate surface area is 130 Å². The minimum Gasteiger partial charge on any atom is -0.399 e. The van der Waals surface area contributed by atoms with Gasteiger partial charge in [0.15, 0.2) is 3.83 Å². The van der Waals surface area contributed by atoms with E-state index in [9.17, 15) is 5.11 Å². The monoisotopic (exact) mass is 385 g/mol. The summed E-state index contributed by atoms with van der Waals surface area (Å²) in [5, 5.41) is 14.3. The highest BCUT2D eigenvalue weighted by atomic mass is 127. The number of halogens is 1. The lowest BCUT2D eigenvalue weighted by Crippen LogP contribution is -2.38. The van der Waals surface area contributed by atoms with Crippen molar-refractivity contribution in [2.24, 2.45) is 0 Å². The third kappa shape index (κ3) is 2.73. The number of nitrogens with two attached hydrogens (primary N) is 1. The average Bonchev–Trinajstić information content (AvgIpc) is 2.82. The molecule has 1 aromatic heterocycles. The Hall–Kier alpha value is -1.35. The third-order valence-electron chi connectivity index (χ3n) is 3.37. The van der Waals surface area contributed by atoms with Crippen LogP contribution in [-0.2, 0) is 0 Å². The molecular formula is C13H16IN5O. The van der Waals surface area contributed by atoms with E-state index >= 15 is 0 Å². The van der Waals surface area contributed by atoms with Crippen LogP contribution in [0.3, 0.4) is 0 Å². The summed E-state index contributed by atoms with van der Waals surface area (Å²) in [6.07, 6.45) is 1.53. The zero-order chi connectivity index (χ0) is 14.1. The molecule has 1 aliphatic rings. The Bertz CT molecular complexity index is 597. The second-order valence-corrected chi connectivity index (χ2v) is 5.89. The van der Waals surface area contributed by atoms with Gasteiger partial charge >= 0.3 is 0 Å². The van der Waals surface area contributed by atoms with Gasteiger partial charge in [0, 0.05) is 41.4 Å². The molecule has 2 heterocycles. The van der Waals surface area contributed by atoms with Gasteiger partial charge in [-0.1, -0.05) is 0 Å². The summed E-state index contributed by atoms with van der Waals surface area (Å²) in [6.45, 7) is 1.49. The summed E-state index contributed by atoms with van der Waals surface area (Å²) in [7, 11) is 0. The van der Waals surface area contributed by atoms with Crippen LogP contribution in [0.1, 0.15) is 12.8 Å². The maximum absolute atomic E-state index is 9.74. The molecule has 1 fully saturated rings. The standard InChI is InChI=1S/C13H16IN5O/c14-12-16-13(18-7-1-2-11(20)8-18)17-19(12)10-5-3-9(15)4-6-10/h3-6,11,20H,1-2,7-8,15H2. The van der Waals surface area contributed by atoms with E-state index in [2.05, 4.69) is 32.7 Å². The molecule has 1 unspecified atom stereocenters. The average molecular weight is 385 g/mol. The lowest BCUT2D eigenvalue weighted by atomic mass is 10.1. The molecule has 6 nitrogen and oxygen atoms in total. The highest BCUT2D eigenvalue weighted by Gasteiger charge is 2.22. The summed E-state index contributed by atoms with van der Waals surface area (Å²) in [5.74, 6) is 0.671. The van der Waals surface area contributed by atoms with Crippen molar-refractivity contribution in [2.75, 3.05) is 23.7 Å². The Morgan fingerprint density at radius 2 is 2.05 bits per heavy atom. The molecule has 1 atom stereocenters. The fraction of sp³-hybridized carbons (Fsp3) is 0.385. The SMILES string of the molecule is Nc1ccc(-n2nc(N3CCCC(O)C3)nc2I)cc1. The van der Waals surface area contributed by atoms with Crippen molar-refractivity contribution in [2.45, 2.75) is 18.9 Å². The summed E-state index contributed by atoms with van der Waals surface area (Å²) in [6, 6.07) is 7.52.